The van der Waals surface area contributed by atoms with Crippen LogP contribution in [0.2, 0.25) is 0 Å². The number of rotatable bonds is 3. The zero-order chi connectivity index (χ0) is 13.8. The van der Waals surface area contributed by atoms with Gasteiger partial charge in [0, 0.05) is 13.0 Å². The van der Waals surface area contributed by atoms with E-state index < -0.39 is 5.97 Å². The molecule has 1 amide bonds. The molecule has 2 rings (SSSR count). The molecular formula is C15H19NO3. The van der Waals surface area contributed by atoms with Crippen molar-refractivity contribution in [3.63, 3.8) is 0 Å². The first kappa shape index (κ1) is 13.6. The van der Waals surface area contributed by atoms with Gasteiger partial charge in [-0.25, -0.2) is 4.79 Å². The van der Waals surface area contributed by atoms with E-state index in [1.54, 1.807) is 30.1 Å². The number of ether oxygens (including phenoxy) is 1. The quantitative estimate of drug-likeness (QED) is 0.786. The maximum absolute atomic E-state index is 12.4. The van der Waals surface area contributed by atoms with Crippen molar-refractivity contribution in [1.29, 1.82) is 0 Å². The molecule has 0 aliphatic heterocycles. The first-order chi connectivity index (χ1) is 9.15. The average molecular weight is 261 g/mol. The highest BCUT2D eigenvalue weighted by molar-refractivity contribution is 6.02. The SMILES string of the molecule is COC(=O)c1ccccc1N(C)C(=O)C1CCCC1. The van der Waals surface area contributed by atoms with Gasteiger partial charge < -0.3 is 9.64 Å². The second-order valence-electron chi connectivity index (χ2n) is 4.89. The fourth-order valence-corrected chi connectivity index (χ4v) is 2.61. The lowest BCUT2D eigenvalue weighted by molar-refractivity contribution is -0.121. The second-order valence-corrected chi connectivity index (χ2v) is 4.89. The van der Waals surface area contributed by atoms with Gasteiger partial charge in [-0.05, 0) is 25.0 Å². The number of hydrogen-bond donors (Lipinski definition) is 0. The summed E-state index contributed by atoms with van der Waals surface area (Å²) >= 11 is 0. The van der Waals surface area contributed by atoms with Crippen LogP contribution in [0.25, 0.3) is 0 Å². The molecule has 0 saturated heterocycles. The fourth-order valence-electron chi connectivity index (χ4n) is 2.61. The minimum atomic E-state index is -0.415. The molecule has 0 heterocycles. The normalized spacial score (nSPS) is 15.3. The molecular weight excluding hydrogens is 242 g/mol. The summed E-state index contributed by atoms with van der Waals surface area (Å²) in [5.74, 6) is -0.230. The molecule has 102 valence electrons. The van der Waals surface area contributed by atoms with Gasteiger partial charge in [0.1, 0.15) is 0 Å². The van der Waals surface area contributed by atoms with E-state index in [1.165, 1.54) is 7.11 Å². The molecule has 1 fully saturated rings. The van der Waals surface area contributed by atoms with Crippen molar-refractivity contribution in [3.8, 4) is 0 Å². The highest BCUT2D eigenvalue weighted by Crippen LogP contribution is 2.29. The number of hydrogen-bond acceptors (Lipinski definition) is 3. The van der Waals surface area contributed by atoms with Crippen molar-refractivity contribution in [2.45, 2.75) is 25.7 Å². The number of carbonyl (C=O) groups excluding carboxylic acids is 2. The van der Waals surface area contributed by atoms with Gasteiger partial charge in [-0.15, -0.1) is 0 Å². The molecule has 0 bridgehead atoms. The molecule has 0 unspecified atom stereocenters. The van der Waals surface area contributed by atoms with Crippen LogP contribution in [-0.4, -0.2) is 26.0 Å². The molecule has 4 heteroatoms. The predicted octanol–water partition coefficient (Wildman–Crippen LogP) is 2.63. The van der Waals surface area contributed by atoms with Gasteiger partial charge in [-0.3, -0.25) is 4.79 Å². The smallest absolute Gasteiger partial charge is 0.339 e. The van der Waals surface area contributed by atoms with Crippen molar-refractivity contribution in [2.24, 2.45) is 5.92 Å². The number of nitrogens with zero attached hydrogens (tertiary/aromatic N) is 1. The minimum absolute atomic E-state index is 0.0915. The summed E-state index contributed by atoms with van der Waals surface area (Å²) in [6.07, 6.45) is 4.12. The van der Waals surface area contributed by atoms with Gasteiger partial charge in [-0.1, -0.05) is 25.0 Å². The van der Waals surface area contributed by atoms with E-state index in [2.05, 4.69) is 0 Å². The lowest BCUT2D eigenvalue weighted by Crippen LogP contribution is -2.32. The van der Waals surface area contributed by atoms with E-state index in [0.717, 1.165) is 25.7 Å². The number of amides is 1. The number of para-hydroxylation sites is 1. The van der Waals surface area contributed by atoms with Crippen LogP contribution in [0.5, 0.6) is 0 Å². The Hall–Kier alpha value is -1.84. The zero-order valence-electron chi connectivity index (χ0n) is 11.4. The molecule has 4 nitrogen and oxygen atoms in total. The van der Waals surface area contributed by atoms with E-state index in [9.17, 15) is 9.59 Å². The summed E-state index contributed by atoms with van der Waals surface area (Å²) in [7, 11) is 3.07. The van der Waals surface area contributed by atoms with Crippen LogP contribution in [0.3, 0.4) is 0 Å². The molecule has 1 saturated carbocycles. The highest BCUT2D eigenvalue weighted by Gasteiger charge is 2.27. The minimum Gasteiger partial charge on any atom is -0.465 e. The van der Waals surface area contributed by atoms with Crippen LogP contribution in [0.1, 0.15) is 36.0 Å². The zero-order valence-corrected chi connectivity index (χ0v) is 11.4. The van der Waals surface area contributed by atoms with Crippen molar-refractivity contribution in [3.05, 3.63) is 29.8 Å². The Kier molecular flexibility index (Phi) is 4.20. The maximum Gasteiger partial charge on any atom is 0.339 e. The monoisotopic (exact) mass is 261 g/mol. The predicted molar refractivity (Wildman–Crippen MR) is 73.1 cm³/mol. The number of carbonyl (C=O) groups is 2. The van der Waals surface area contributed by atoms with Crippen LogP contribution in [0, 0.1) is 5.92 Å². The number of benzene rings is 1. The molecule has 1 aliphatic carbocycles. The van der Waals surface area contributed by atoms with Crippen molar-refractivity contribution >= 4 is 17.6 Å². The average Bonchev–Trinajstić information content (AvgIpc) is 2.99. The van der Waals surface area contributed by atoms with E-state index in [0.29, 0.717) is 11.3 Å². The molecule has 0 spiro atoms. The largest absolute Gasteiger partial charge is 0.465 e. The highest BCUT2D eigenvalue weighted by atomic mass is 16.5. The van der Waals surface area contributed by atoms with E-state index in [4.69, 9.17) is 4.74 Å². The molecule has 19 heavy (non-hydrogen) atoms. The third kappa shape index (κ3) is 2.78. The summed E-state index contributed by atoms with van der Waals surface area (Å²) in [5, 5.41) is 0. The summed E-state index contributed by atoms with van der Waals surface area (Å²) in [4.78, 5) is 25.7. The van der Waals surface area contributed by atoms with Crippen molar-refractivity contribution in [2.75, 3.05) is 19.1 Å². The van der Waals surface area contributed by atoms with Gasteiger partial charge in [0.25, 0.3) is 0 Å². The molecule has 0 radical (unpaired) electrons. The Morgan fingerprint density at radius 3 is 2.47 bits per heavy atom. The topological polar surface area (TPSA) is 46.6 Å². The van der Waals surface area contributed by atoms with Gasteiger partial charge in [0.2, 0.25) is 5.91 Å². The van der Waals surface area contributed by atoms with Gasteiger partial charge in [-0.2, -0.15) is 0 Å². The van der Waals surface area contributed by atoms with Gasteiger partial charge in [0.15, 0.2) is 0 Å². The summed E-state index contributed by atoms with van der Waals surface area (Å²) in [5.41, 5.74) is 1.05. The Morgan fingerprint density at radius 1 is 1.21 bits per heavy atom. The molecule has 0 aromatic heterocycles. The standard InChI is InChI=1S/C15H19NO3/c1-16(14(17)11-7-3-4-8-11)13-10-6-5-9-12(13)15(18)19-2/h5-6,9-11H,3-4,7-8H2,1-2H3. The van der Waals surface area contributed by atoms with Gasteiger partial charge >= 0.3 is 5.97 Å². The molecule has 0 N–H and O–H groups in total. The lowest BCUT2D eigenvalue weighted by atomic mass is 10.1. The summed E-state index contributed by atoms with van der Waals surface area (Å²) < 4.78 is 4.76. The third-order valence-electron chi connectivity index (χ3n) is 3.71. The maximum atomic E-state index is 12.4. The second kappa shape index (κ2) is 5.87. The van der Waals surface area contributed by atoms with Crippen LogP contribution in [0.4, 0.5) is 5.69 Å². The van der Waals surface area contributed by atoms with Crippen LogP contribution >= 0.6 is 0 Å². The Morgan fingerprint density at radius 2 is 1.84 bits per heavy atom. The van der Waals surface area contributed by atoms with Crippen molar-refractivity contribution < 1.29 is 14.3 Å². The van der Waals surface area contributed by atoms with E-state index in [-0.39, 0.29) is 11.8 Å². The number of methoxy groups -OCH3 is 1. The lowest BCUT2D eigenvalue weighted by Gasteiger charge is -2.22. The van der Waals surface area contributed by atoms with Crippen LogP contribution < -0.4 is 4.90 Å². The van der Waals surface area contributed by atoms with E-state index in [1.807, 2.05) is 6.07 Å². The number of esters is 1. The summed E-state index contributed by atoms with van der Waals surface area (Å²) in [6, 6.07) is 7.04. The first-order valence-electron chi connectivity index (χ1n) is 6.60. The Labute approximate surface area is 113 Å². The molecule has 1 aliphatic rings. The van der Waals surface area contributed by atoms with E-state index >= 15 is 0 Å². The Bertz CT molecular complexity index is 478. The molecule has 0 atom stereocenters. The van der Waals surface area contributed by atoms with Crippen LogP contribution in [0.15, 0.2) is 24.3 Å². The first-order valence-corrected chi connectivity index (χ1v) is 6.60. The Balaban J connectivity index is 2.25. The van der Waals surface area contributed by atoms with Gasteiger partial charge in [0.05, 0.1) is 18.4 Å². The number of anilines is 1. The van der Waals surface area contributed by atoms with Crippen LogP contribution in [-0.2, 0) is 9.53 Å². The molecule has 1 aromatic rings. The molecule has 1 aromatic carbocycles. The fraction of sp³-hybridized carbons (Fsp3) is 0.467. The van der Waals surface area contributed by atoms with Crippen molar-refractivity contribution in [1.82, 2.24) is 0 Å². The third-order valence-corrected chi connectivity index (χ3v) is 3.71. The summed E-state index contributed by atoms with van der Waals surface area (Å²) in [6.45, 7) is 0.